The highest BCUT2D eigenvalue weighted by Crippen LogP contribution is 2.25. The van der Waals surface area contributed by atoms with Gasteiger partial charge in [-0.25, -0.2) is 0 Å². The summed E-state index contributed by atoms with van der Waals surface area (Å²) in [5, 5.41) is 3.38. The molecule has 20 heavy (non-hydrogen) atoms. The first-order valence-corrected chi connectivity index (χ1v) is 7.48. The van der Waals surface area contributed by atoms with Crippen LogP contribution in [0.4, 0.5) is 0 Å². The quantitative estimate of drug-likeness (QED) is 0.893. The van der Waals surface area contributed by atoms with E-state index in [9.17, 15) is 0 Å². The second-order valence-corrected chi connectivity index (χ2v) is 5.61. The van der Waals surface area contributed by atoms with Crippen molar-refractivity contribution < 1.29 is 4.74 Å². The number of nitrogens with zero attached hydrogens (tertiary/aromatic N) is 1. The molecule has 0 bridgehead atoms. The van der Waals surface area contributed by atoms with Gasteiger partial charge in [-0.05, 0) is 23.6 Å². The second kappa shape index (κ2) is 7.46. The van der Waals surface area contributed by atoms with Crippen LogP contribution in [0, 0.1) is 0 Å². The van der Waals surface area contributed by atoms with Gasteiger partial charge < -0.3 is 10.1 Å². The Hall–Kier alpha value is -1.32. The lowest BCUT2D eigenvalue weighted by Gasteiger charge is -2.25. The predicted octanol–water partition coefficient (Wildman–Crippen LogP) is 2.74. The molecule has 1 aromatic carbocycles. The molecule has 110 valence electrons. The summed E-state index contributed by atoms with van der Waals surface area (Å²) in [4.78, 5) is 2.46. The van der Waals surface area contributed by atoms with Gasteiger partial charge in [0.25, 0.3) is 0 Å². The zero-order valence-corrected chi connectivity index (χ0v) is 12.9. The van der Waals surface area contributed by atoms with Gasteiger partial charge in [-0.2, -0.15) is 0 Å². The van der Waals surface area contributed by atoms with Crippen molar-refractivity contribution >= 4 is 6.08 Å². The van der Waals surface area contributed by atoms with Crippen LogP contribution in [0.2, 0.25) is 0 Å². The molecule has 3 nitrogen and oxygen atoms in total. The van der Waals surface area contributed by atoms with E-state index in [0.29, 0.717) is 5.92 Å². The molecule has 0 spiro atoms. The molecule has 1 heterocycles. The largest absolute Gasteiger partial charge is 0.496 e. The Morgan fingerprint density at radius 2 is 2.05 bits per heavy atom. The lowest BCUT2D eigenvalue weighted by atomic mass is 10.00. The van der Waals surface area contributed by atoms with Crippen molar-refractivity contribution in [2.75, 3.05) is 39.8 Å². The molecule has 0 aliphatic carbocycles. The summed E-state index contributed by atoms with van der Waals surface area (Å²) in [6, 6.07) is 6.45. The number of benzene rings is 1. The van der Waals surface area contributed by atoms with Crippen LogP contribution in [0.1, 0.15) is 30.9 Å². The highest BCUT2D eigenvalue weighted by atomic mass is 16.5. The van der Waals surface area contributed by atoms with Crippen LogP contribution in [0.5, 0.6) is 5.75 Å². The Bertz CT molecular complexity index is 448. The van der Waals surface area contributed by atoms with E-state index in [-0.39, 0.29) is 0 Å². The fourth-order valence-corrected chi connectivity index (χ4v) is 2.46. The van der Waals surface area contributed by atoms with Gasteiger partial charge in [0.05, 0.1) is 7.11 Å². The summed E-state index contributed by atoms with van der Waals surface area (Å²) in [6.07, 6.45) is 4.43. The van der Waals surface area contributed by atoms with Crippen LogP contribution in [-0.4, -0.2) is 44.7 Å². The summed E-state index contributed by atoms with van der Waals surface area (Å²) >= 11 is 0. The van der Waals surface area contributed by atoms with E-state index in [2.05, 4.69) is 54.4 Å². The summed E-state index contributed by atoms with van der Waals surface area (Å²) in [7, 11) is 1.73. The number of piperazine rings is 1. The van der Waals surface area contributed by atoms with Crippen LogP contribution in [0.25, 0.3) is 6.08 Å². The molecule has 0 aromatic heterocycles. The third kappa shape index (κ3) is 4.09. The second-order valence-electron chi connectivity index (χ2n) is 5.61. The van der Waals surface area contributed by atoms with E-state index in [1.807, 2.05) is 0 Å². The number of ether oxygens (including phenoxy) is 1. The van der Waals surface area contributed by atoms with Crippen molar-refractivity contribution in [1.82, 2.24) is 10.2 Å². The number of nitrogens with one attached hydrogen (secondary N) is 1. The molecule has 0 amide bonds. The molecule has 3 heteroatoms. The molecule has 1 fully saturated rings. The number of hydrogen-bond donors (Lipinski definition) is 1. The van der Waals surface area contributed by atoms with E-state index < -0.39 is 0 Å². The normalized spacial score (nSPS) is 17.0. The molecule has 2 rings (SSSR count). The Morgan fingerprint density at radius 1 is 1.30 bits per heavy atom. The molecule has 1 aliphatic rings. The fraction of sp³-hybridized carbons (Fsp3) is 0.529. The maximum Gasteiger partial charge on any atom is 0.126 e. The first kappa shape index (κ1) is 15.1. The van der Waals surface area contributed by atoms with Crippen molar-refractivity contribution in [3.05, 3.63) is 35.4 Å². The minimum atomic E-state index is 0.543. The predicted molar refractivity (Wildman–Crippen MR) is 85.4 cm³/mol. The molecule has 1 saturated heterocycles. The molecule has 0 saturated carbocycles. The van der Waals surface area contributed by atoms with Crippen LogP contribution in [0.3, 0.4) is 0 Å². The van der Waals surface area contributed by atoms with Crippen LogP contribution < -0.4 is 10.1 Å². The van der Waals surface area contributed by atoms with E-state index in [1.54, 1.807) is 7.11 Å². The molecule has 0 unspecified atom stereocenters. The number of rotatable bonds is 5. The summed E-state index contributed by atoms with van der Waals surface area (Å²) < 4.78 is 5.45. The standard InChI is InChI=1S/C17H26N2O/c1-14(2)15-6-7-17(20-3)16(13-15)5-4-10-19-11-8-18-9-12-19/h4-7,13-14,18H,8-12H2,1-3H3/b5-4+. The van der Waals surface area contributed by atoms with Gasteiger partial charge in [-0.15, -0.1) is 0 Å². The average molecular weight is 274 g/mol. The van der Waals surface area contributed by atoms with Gasteiger partial charge in [0.2, 0.25) is 0 Å². The molecular weight excluding hydrogens is 248 g/mol. The van der Waals surface area contributed by atoms with Gasteiger partial charge in [-0.3, -0.25) is 4.90 Å². The maximum atomic E-state index is 5.45. The smallest absolute Gasteiger partial charge is 0.126 e. The van der Waals surface area contributed by atoms with Crippen molar-refractivity contribution in [2.24, 2.45) is 0 Å². The Morgan fingerprint density at radius 3 is 2.70 bits per heavy atom. The van der Waals surface area contributed by atoms with Gasteiger partial charge in [0.1, 0.15) is 5.75 Å². The molecule has 0 radical (unpaired) electrons. The Labute approximate surface area is 122 Å². The fourth-order valence-electron chi connectivity index (χ4n) is 2.46. The first-order valence-electron chi connectivity index (χ1n) is 7.48. The van der Waals surface area contributed by atoms with Crippen LogP contribution in [-0.2, 0) is 0 Å². The van der Waals surface area contributed by atoms with E-state index in [0.717, 1.165) is 38.5 Å². The van der Waals surface area contributed by atoms with Crippen molar-refractivity contribution in [3.63, 3.8) is 0 Å². The summed E-state index contributed by atoms with van der Waals surface area (Å²) in [5.41, 5.74) is 2.53. The van der Waals surface area contributed by atoms with Gasteiger partial charge >= 0.3 is 0 Å². The average Bonchev–Trinajstić information content (AvgIpc) is 2.48. The zero-order valence-electron chi connectivity index (χ0n) is 12.9. The monoisotopic (exact) mass is 274 g/mol. The number of methoxy groups -OCH3 is 1. The van der Waals surface area contributed by atoms with Crippen molar-refractivity contribution in [2.45, 2.75) is 19.8 Å². The van der Waals surface area contributed by atoms with Gasteiger partial charge in [-0.1, -0.05) is 32.1 Å². The molecule has 1 aliphatic heterocycles. The van der Waals surface area contributed by atoms with Gasteiger partial charge in [0.15, 0.2) is 0 Å². The lowest BCUT2D eigenvalue weighted by Crippen LogP contribution is -2.43. The first-order chi connectivity index (χ1) is 9.70. The minimum Gasteiger partial charge on any atom is -0.496 e. The minimum absolute atomic E-state index is 0.543. The third-order valence-electron chi connectivity index (χ3n) is 3.79. The lowest BCUT2D eigenvalue weighted by molar-refractivity contribution is 0.265. The van der Waals surface area contributed by atoms with Crippen molar-refractivity contribution in [3.8, 4) is 5.75 Å². The van der Waals surface area contributed by atoms with E-state index in [4.69, 9.17) is 4.74 Å². The molecule has 1 N–H and O–H groups in total. The summed E-state index contributed by atoms with van der Waals surface area (Å²) in [6.45, 7) is 9.91. The number of hydrogen-bond acceptors (Lipinski definition) is 3. The SMILES string of the molecule is COc1ccc(C(C)C)cc1/C=C/CN1CCNCC1. The zero-order chi connectivity index (χ0) is 14.4. The molecule has 0 atom stereocenters. The van der Waals surface area contributed by atoms with Crippen LogP contribution in [0.15, 0.2) is 24.3 Å². The van der Waals surface area contributed by atoms with E-state index in [1.165, 1.54) is 11.1 Å². The highest BCUT2D eigenvalue weighted by molar-refractivity contribution is 5.58. The van der Waals surface area contributed by atoms with E-state index >= 15 is 0 Å². The highest BCUT2D eigenvalue weighted by Gasteiger charge is 2.08. The van der Waals surface area contributed by atoms with Gasteiger partial charge in [0, 0.05) is 38.3 Å². The Balaban J connectivity index is 2.04. The Kier molecular flexibility index (Phi) is 5.62. The van der Waals surface area contributed by atoms with Crippen LogP contribution >= 0.6 is 0 Å². The maximum absolute atomic E-state index is 5.45. The topological polar surface area (TPSA) is 24.5 Å². The molecule has 1 aromatic rings. The third-order valence-corrected chi connectivity index (χ3v) is 3.79. The molecular formula is C17H26N2O. The van der Waals surface area contributed by atoms with Crippen molar-refractivity contribution in [1.29, 1.82) is 0 Å². The summed E-state index contributed by atoms with van der Waals surface area (Å²) in [5.74, 6) is 1.49.